The molecule has 1 heterocycles. The highest BCUT2D eigenvalue weighted by atomic mass is 16.5. The molecule has 1 fully saturated rings. The van der Waals surface area contributed by atoms with Crippen molar-refractivity contribution in [1.82, 2.24) is 15.5 Å². The van der Waals surface area contributed by atoms with Crippen molar-refractivity contribution < 1.29 is 9.47 Å². The van der Waals surface area contributed by atoms with Crippen LogP contribution < -0.4 is 10.6 Å². The molecule has 6 heteroatoms. The number of morpholine rings is 1. The van der Waals surface area contributed by atoms with Crippen LogP contribution in [0, 0.1) is 5.92 Å². The Morgan fingerprint density at radius 2 is 1.86 bits per heavy atom. The van der Waals surface area contributed by atoms with Crippen LogP contribution in [0.25, 0.3) is 0 Å². The van der Waals surface area contributed by atoms with Gasteiger partial charge in [-0.3, -0.25) is 9.89 Å². The van der Waals surface area contributed by atoms with Gasteiger partial charge in [0.2, 0.25) is 0 Å². The van der Waals surface area contributed by atoms with E-state index in [0.29, 0.717) is 18.6 Å². The Morgan fingerprint density at radius 3 is 2.52 bits per heavy atom. The Bertz CT molecular complexity index is 613. The number of nitrogens with zero attached hydrogens (tertiary/aromatic N) is 2. The van der Waals surface area contributed by atoms with Gasteiger partial charge in [0.1, 0.15) is 0 Å². The van der Waals surface area contributed by atoms with Gasteiger partial charge in [-0.2, -0.15) is 0 Å². The molecule has 0 bridgehead atoms. The third-order valence-corrected chi connectivity index (χ3v) is 5.07. The highest BCUT2D eigenvalue weighted by molar-refractivity contribution is 5.79. The van der Waals surface area contributed by atoms with Gasteiger partial charge in [-0.1, -0.05) is 38.1 Å². The molecule has 1 aliphatic rings. The van der Waals surface area contributed by atoms with Crippen LogP contribution in [-0.2, 0) is 22.6 Å². The summed E-state index contributed by atoms with van der Waals surface area (Å²) < 4.78 is 11.2. The number of hydrogen-bond acceptors (Lipinski definition) is 4. The summed E-state index contributed by atoms with van der Waals surface area (Å²) in [6, 6.07) is 9.02. The van der Waals surface area contributed by atoms with Crippen LogP contribution in [0.3, 0.4) is 0 Å². The van der Waals surface area contributed by atoms with E-state index < -0.39 is 0 Å². The van der Waals surface area contributed by atoms with Crippen LogP contribution in [0.4, 0.5) is 0 Å². The molecular weight excluding hydrogens is 364 g/mol. The van der Waals surface area contributed by atoms with Crippen molar-refractivity contribution in [3.05, 3.63) is 35.4 Å². The normalized spacial score (nSPS) is 17.0. The predicted octanol–water partition coefficient (Wildman–Crippen LogP) is 3.02. The number of hydrogen-bond donors (Lipinski definition) is 2. The molecule has 6 nitrogen and oxygen atoms in total. The van der Waals surface area contributed by atoms with Gasteiger partial charge in [-0.15, -0.1) is 0 Å². The van der Waals surface area contributed by atoms with Crippen LogP contribution in [0.15, 0.2) is 29.3 Å². The fourth-order valence-corrected chi connectivity index (χ4v) is 3.56. The van der Waals surface area contributed by atoms with Gasteiger partial charge >= 0.3 is 0 Å². The molecule has 1 aliphatic heterocycles. The second-order valence-electron chi connectivity index (χ2n) is 8.42. The summed E-state index contributed by atoms with van der Waals surface area (Å²) in [5.41, 5.74) is 2.43. The zero-order chi connectivity index (χ0) is 21.1. The van der Waals surface area contributed by atoms with E-state index in [4.69, 9.17) is 9.47 Å². The third kappa shape index (κ3) is 9.15. The number of rotatable bonds is 10. The molecule has 0 aliphatic carbocycles. The van der Waals surface area contributed by atoms with Crippen molar-refractivity contribution in [2.75, 3.05) is 39.9 Å². The van der Waals surface area contributed by atoms with Crippen molar-refractivity contribution in [3.63, 3.8) is 0 Å². The average molecular weight is 405 g/mol. The Morgan fingerprint density at radius 1 is 1.14 bits per heavy atom. The molecule has 0 spiro atoms. The molecule has 1 aromatic rings. The van der Waals surface area contributed by atoms with Gasteiger partial charge < -0.3 is 20.1 Å². The first kappa shape index (κ1) is 23.6. The summed E-state index contributed by atoms with van der Waals surface area (Å²) in [5.74, 6) is 1.51. The van der Waals surface area contributed by atoms with Gasteiger partial charge in [0.05, 0.1) is 25.9 Å². The van der Waals surface area contributed by atoms with Crippen molar-refractivity contribution in [2.45, 2.75) is 59.4 Å². The number of ether oxygens (including phenoxy) is 2. The Balaban J connectivity index is 1.85. The lowest BCUT2D eigenvalue weighted by Crippen LogP contribution is -2.50. The highest BCUT2D eigenvalue weighted by Crippen LogP contribution is 2.13. The lowest BCUT2D eigenvalue weighted by Gasteiger charge is -2.35. The van der Waals surface area contributed by atoms with Crippen LogP contribution in [-0.4, -0.2) is 62.9 Å². The largest absolute Gasteiger partial charge is 0.379 e. The molecule has 2 rings (SSSR count). The zero-order valence-electron chi connectivity index (χ0n) is 18.9. The monoisotopic (exact) mass is 404 g/mol. The molecule has 2 N–H and O–H groups in total. The van der Waals surface area contributed by atoms with Crippen molar-refractivity contribution in [2.24, 2.45) is 10.9 Å². The Kier molecular flexibility index (Phi) is 10.5. The van der Waals surface area contributed by atoms with Crippen LogP contribution in [0.1, 0.15) is 45.2 Å². The lowest BCUT2D eigenvalue weighted by atomic mass is 10.0. The van der Waals surface area contributed by atoms with E-state index in [-0.39, 0.29) is 6.10 Å². The maximum absolute atomic E-state index is 5.71. The van der Waals surface area contributed by atoms with Gasteiger partial charge in [-0.25, -0.2) is 0 Å². The number of nitrogens with one attached hydrogen (secondary N) is 2. The van der Waals surface area contributed by atoms with Gasteiger partial charge in [0.25, 0.3) is 0 Å². The first-order valence-corrected chi connectivity index (χ1v) is 10.9. The van der Waals surface area contributed by atoms with Crippen molar-refractivity contribution in [1.29, 1.82) is 0 Å². The Hall–Kier alpha value is -1.63. The molecule has 0 amide bonds. The minimum atomic E-state index is 0.241. The second-order valence-corrected chi connectivity index (χ2v) is 8.42. The SMILES string of the molecule is CN=C(NCc1cccc(COC(C)C)c1)NCC(CC(C)C)N1CCOCC1. The van der Waals surface area contributed by atoms with E-state index in [9.17, 15) is 0 Å². The summed E-state index contributed by atoms with van der Waals surface area (Å²) in [4.78, 5) is 6.95. The number of guanidine groups is 1. The molecule has 164 valence electrons. The molecule has 1 atom stereocenters. The predicted molar refractivity (Wildman–Crippen MR) is 120 cm³/mol. The highest BCUT2D eigenvalue weighted by Gasteiger charge is 2.22. The number of benzene rings is 1. The first-order valence-electron chi connectivity index (χ1n) is 10.9. The van der Waals surface area contributed by atoms with E-state index >= 15 is 0 Å². The standard InChI is InChI=1S/C23H40N4O2/c1-18(2)13-22(27-9-11-28-12-10-27)16-26-23(24-5)25-15-20-7-6-8-21(14-20)17-29-19(3)4/h6-8,14,18-19,22H,9-13,15-17H2,1-5H3,(H2,24,25,26). The summed E-state index contributed by atoms with van der Waals surface area (Å²) in [6.45, 7) is 14.7. The summed E-state index contributed by atoms with van der Waals surface area (Å²) >= 11 is 0. The first-order chi connectivity index (χ1) is 14.0. The fourth-order valence-electron chi connectivity index (χ4n) is 3.56. The van der Waals surface area contributed by atoms with Crippen molar-refractivity contribution >= 4 is 5.96 Å². The fraction of sp³-hybridized carbons (Fsp3) is 0.696. The topological polar surface area (TPSA) is 58.1 Å². The quantitative estimate of drug-likeness (QED) is 0.464. The number of aliphatic imine (C=N–C) groups is 1. The van der Waals surface area contributed by atoms with Crippen LogP contribution >= 0.6 is 0 Å². The van der Waals surface area contributed by atoms with E-state index in [2.05, 4.69) is 72.5 Å². The second kappa shape index (κ2) is 12.8. The molecule has 0 radical (unpaired) electrons. The molecule has 1 aromatic carbocycles. The summed E-state index contributed by atoms with van der Waals surface area (Å²) in [5, 5.41) is 6.97. The molecular formula is C23H40N4O2. The maximum Gasteiger partial charge on any atom is 0.191 e. The van der Waals surface area contributed by atoms with E-state index in [1.54, 1.807) is 0 Å². The van der Waals surface area contributed by atoms with E-state index in [0.717, 1.165) is 45.4 Å². The van der Waals surface area contributed by atoms with E-state index in [1.807, 2.05) is 7.05 Å². The minimum Gasteiger partial charge on any atom is -0.379 e. The molecule has 29 heavy (non-hydrogen) atoms. The summed E-state index contributed by atoms with van der Waals surface area (Å²) in [6.07, 6.45) is 1.41. The molecule has 1 saturated heterocycles. The van der Waals surface area contributed by atoms with Gasteiger partial charge in [-0.05, 0) is 37.3 Å². The third-order valence-electron chi connectivity index (χ3n) is 5.07. The smallest absolute Gasteiger partial charge is 0.191 e. The van der Waals surface area contributed by atoms with Gasteiger partial charge in [0, 0.05) is 39.3 Å². The molecule has 0 aromatic heterocycles. The van der Waals surface area contributed by atoms with Crippen LogP contribution in [0.2, 0.25) is 0 Å². The maximum atomic E-state index is 5.71. The van der Waals surface area contributed by atoms with Crippen molar-refractivity contribution in [3.8, 4) is 0 Å². The van der Waals surface area contributed by atoms with Crippen LogP contribution in [0.5, 0.6) is 0 Å². The molecule has 1 unspecified atom stereocenters. The average Bonchev–Trinajstić information content (AvgIpc) is 2.72. The Labute approximate surface area is 177 Å². The zero-order valence-corrected chi connectivity index (χ0v) is 18.9. The van der Waals surface area contributed by atoms with Gasteiger partial charge in [0.15, 0.2) is 5.96 Å². The molecule has 0 saturated carbocycles. The lowest BCUT2D eigenvalue weighted by molar-refractivity contribution is 0.0132. The van der Waals surface area contributed by atoms with E-state index in [1.165, 1.54) is 17.5 Å². The minimum absolute atomic E-state index is 0.241. The summed E-state index contributed by atoms with van der Waals surface area (Å²) in [7, 11) is 1.83.